The molecule has 1 atom stereocenters. The Morgan fingerprint density at radius 1 is 0.446 bits per heavy atom. The quantitative estimate of drug-likeness (QED) is 0.0270. The molecule has 0 aliphatic heterocycles. The maximum absolute atomic E-state index is 12.4. The Morgan fingerprint density at radius 3 is 1.21 bits per heavy atom. The van der Waals surface area contributed by atoms with Gasteiger partial charge in [0.05, 0.1) is 6.61 Å². The minimum Gasteiger partial charge on any atom is -0.462 e. The van der Waals surface area contributed by atoms with Crippen LogP contribution in [0.25, 0.3) is 0 Å². The monoisotopic (exact) mass is 811 g/mol. The van der Waals surface area contributed by atoms with Gasteiger partial charge in [0.15, 0.2) is 6.10 Å². The van der Waals surface area contributed by atoms with Crippen LogP contribution < -0.4 is 0 Å². The molecule has 0 spiro atoms. The van der Waals surface area contributed by atoms with E-state index in [1.54, 1.807) is 0 Å². The van der Waals surface area contributed by atoms with Crippen LogP contribution in [-0.2, 0) is 28.2 Å². The summed E-state index contributed by atoms with van der Waals surface area (Å²) < 4.78 is 26.3. The zero-order valence-corrected chi connectivity index (χ0v) is 37.2. The maximum Gasteiger partial charge on any atom is 0.469 e. The van der Waals surface area contributed by atoms with Crippen LogP contribution in [0.3, 0.4) is 0 Å². The van der Waals surface area contributed by atoms with Gasteiger partial charge in [0.2, 0.25) is 0 Å². The zero-order valence-electron chi connectivity index (χ0n) is 36.3. The van der Waals surface area contributed by atoms with Crippen molar-refractivity contribution in [1.82, 2.24) is 0 Å². The first-order chi connectivity index (χ1) is 27.3. The van der Waals surface area contributed by atoms with Crippen LogP contribution in [0.2, 0.25) is 0 Å². The fraction of sp³-hybridized carbons (Fsp3) is 0.830. The number of esters is 2. The number of allylic oxidation sites excluding steroid dienone is 6. The smallest absolute Gasteiger partial charge is 0.462 e. The minimum absolute atomic E-state index is 0.122. The molecule has 0 heterocycles. The average molecular weight is 811 g/mol. The molecular weight excluding hydrogens is 723 g/mol. The van der Waals surface area contributed by atoms with E-state index in [0.717, 1.165) is 38.5 Å². The van der Waals surface area contributed by atoms with Crippen molar-refractivity contribution >= 4 is 19.8 Å². The Balaban J connectivity index is 3.91. The molecule has 0 aromatic heterocycles. The van der Waals surface area contributed by atoms with E-state index in [0.29, 0.717) is 12.8 Å². The van der Waals surface area contributed by atoms with Gasteiger partial charge in [-0.3, -0.25) is 14.1 Å². The molecule has 56 heavy (non-hydrogen) atoms. The second-order valence-corrected chi connectivity index (χ2v) is 17.0. The Hall–Kier alpha value is -1.73. The summed E-state index contributed by atoms with van der Waals surface area (Å²) in [4.78, 5) is 42.9. The molecule has 0 aliphatic carbocycles. The van der Waals surface area contributed by atoms with Crippen molar-refractivity contribution in [3.63, 3.8) is 0 Å². The summed E-state index contributed by atoms with van der Waals surface area (Å²) in [6, 6.07) is 0. The standard InChI is InChI=1S/C47H87O8P/c1-3-5-7-9-11-13-15-17-19-20-21-22-23-24-25-26-28-29-31-33-35-37-39-41-46(48)53-43-45(44-54-56(50,51)52)55-47(49)42-40-38-36-34-32-30-27-18-16-14-12-10-8-6-4-2/h26,28,33,35-36,38,45H,3-25,27,29-32,34,37,39-44H2,1-2H3,(H2,50,51,52)/b28-26+,35-33+,38-36+/t45-/m1/s1. The van der Waals surface area contributed by atoms with E-state index in [2.05, 4.69) is 48.8 Å². The van der Waals surface area contributed by atoms with Gasteiger partial charge in [-0.2, -0.15) is 0 Å². The number of unbranched alkanes of at least 4 members (excludes halogenated alkanes) is 27. The molecule has 0 saturated heterocycles. The highest BCUT2D eigenvalue weighted by molar-refractivity contribution is 7.46. The first-order valence-electron chi connectivity index (χ1n) is 23.3. The second kappa shape index (κ2) is 42.9. The van der Waals surface area contributed by atoms with E-state index in [-0.39, 0.29) is 19.4 Å². The largest absolute Gasteiger partial charge is 0.469 e. The summed E-state index contributed by atoms with van der Waals surface area (Å²) >= 11 is 0. The number of carbonyl (C=O) groups is 2. The van der Waals surface area contributed by atoms with Crippen molar-refractivity contribution in [2.45, 2.75) is 238 Å². The lowest BCUT2D eigenvalue weighted by Gasteiger charge is -2.18. The summed E-state index contributed by atoms with van der Waals surface area (Å²) in [5.41, 5.74) is 0. The molecule has 0 aromatic rings. The first kappa shape index (κ1) is 54.3. The number of rotatable bonds is 43. The Kier molecular flexibility index (Phi) is 41.5. The Morgan fingerprint density at radius 2 is 0.804 bits per heavy atom. The van der Waals surface area contributed by atoms with Crippen molar-refractivity contribution in [3.8, 4) is 0 Å². The summed E-state index contributed by atoms with van der Waals surface area (Å²) in [7, 11) is -4.77. The van der Waals surface area contributed by atoms with E-state index in [1.807, 2.05) is 6.08 Å². The third-order valence-electron chi connectivity index (χ3n) is 10.1. The lowest BCUT2D eigenvalue weighted by Crippen LogP contribution is -2.29. The zero-order chi connectivity index (χ0) is 41.1. The van der Waals surface area contributed by atoms with Crippen LogP contribution in [0.15, 0.2) is 36.5 Å². The number of phosphoric ester groups is 1. The SMILES string of the molecule is CCCCCCCCCCCCC/C=C/CCC(=O)O[C@H](COC(=O)CCC/C=C/CC/C=C/CCCCCCCCCCCCCCCC)COP(=O)(O)O. The Bertz CT molecular complexity index is 1000. The average Bonchev–Trinajstić information content (AvgIpc) is 3.17. The minimum atomic E-state index is -4.77. The molecule has 2 N–H and O–H groups in total. The van der Waals surface area contributed by atoms with Gasteiger partial charge in [0.25, 0.3) is 0 Å². The lowest BCUT2D eigenvalue weighted by molar-refractivity contribution is -0.161. The molecule has 0 saturated carbocycles. The highest BCUT2D eigenvalue weighted by Gasteiger charge is 2.22. The molecule has 0 radical (unpaired) electrons. The van der Waals surface area contributed by atoms with Crippen LogP contribution in [-0.4, -0.2) is 41.0 Å². The number of hydrogen-bond acceptors (Lipinski definition) is 6. The van der Waals surface area contributed by atoms with Crippen LogP contribution in [0.4, 0.5) is 0 Å². The van der Waals surface area contributed by atoms with E-state index in [1.165, 1.54) is 154 Å². The molecular formula is C47H87O8P. The highest BCUT2D eigenvalue weighted by atomic mass is 31.2. The van der Waals surface area contributed by atoms with Gasteiger partial charge in [-0.25, -0.2) is 4.57 Å². The summed E-state index contributed by atoms with van der Waals surface area (Å²) in [6.07, 6.45) is 51.9. The molecule has 0 rings (SSSR count). The third kappa shape index (κ3) is 45.0. The van der Waals surface area contributed by atoms with Gasteiger partial charge in [-0.05, 0) is 57.8 Å². The number of hydrogen-bond donors (Lipinski definition) is 2. The molecule has 328 valence electrons. The van der Waals surface area contributed by atoms with Crippen molar-refractivity contribution in [1.29, 1.82) is 0 Å². The fourth-order valence-electron chi connectivity index (χ4n) is 6.65. The molecule has 0 amide bonds. The van der Waals surface area contributed by atoms with Gasteiger partial charge in [0, 0.05) is 12.8 Å². The molecule has 0 fully saturated rings. The van der Waals surface area contributed by atoms with E-state index in [9.17, 15) is 14.2 Å². The van der Waals surface area contributed by atoms with Gasteiger partial charge in [0.1, 0.15) is 6.61 Å². The number of ether oxygens (including phenoxy) is 2. The molecule has 0 aliphatic rings. The van der Waals surface area contributed by atoms with Crippen molar-refractivity contribution in [3.05, 3.63) is 36.5 Å². The maximum atomic E-state index is 12.4. The van der Waals surface area contributed by atoms with Crippen LogP contribution in [0.5, 0.6) is 0 Å². The van der Waals surface area contributed by atoms with E-state index in [4.69, 9.17) is 19.3 Å². The fourth-order valence-corrected chi connectivity index (χ4v) is 7.01. The summed E-state index contributed by atoms with van der Waals surface area (Å²) in [6.45, 7) is 3.65. The third-order valence-corrected chi connectivity index (χ3v) is 10.6. The molecule has 8 nitrogen and oxygen atoms in total. The van der Waals surface area contributed by atoms with Crippen LogP contribution >= 0.6 is 7.82 Å². The van der Waals surface area contributed by atoms with Gasteiger partial charge in [-0.1, -0.05) is 198 Å². The van der Waals surface area contributed by atoms with Crippen molar-refractivity contribution in [2.24, 2.45) is 0 Å². The molecule has 0 unspecified atom stereocenters. The number of phosphoric acid groups is 1. The molecule has 0 bridgehead atoms. The van der Waals surface area contributed by atoms with E-state index >= 15 is 0 Å². The predicted molar refractivity (Wildman–Crippen MR) is 235 cm³/mol. The topological polar surface area (TPSA) is 119 Å². The lowest BCUT2D eigenvalue weighted by atomic mass is 10.0. The van der Waals surface area contributed by atoms with Crippen molar-refractivity contribution in [2.75, 3.05) is 13.2 Å². The van der Waals surface area contributed by atoms with Gasteiger partial charge in [-0.15, -0.1) is 0 Å². The molecule has 0 aromatic carbocycles. The van der Waals surface area contributed by atoms with Gasteiger partial charge < -0.3 is 19.3 Å². The molecule has 9 heteroatoms. The van der Waals surface area contributed by atoms with Crippen LogP contribution in [0.1, 0.15) is 232 Å². The van der Waals surface area contributed by atoms with E-state index < -0.39 is 32.5 Å². The first-order valence-corrected chi connectivity index (χ1v) is 24.8. The predicted octanol–water partition coefficient (Wildman–Crippen LogP) is 14.5. The highest BCUT2D eigenvalue weighted by Crippen LogP contribution is 2.36. The second-order valence-electron chi connectivity index (χ2n) is 15.7. The number of carbonyl (C=O) groups excluding carboxylic acids is 2. The van der Waals surface area contributed by atoms with Gasteiger partial charge >= 0.3 is 19.8 Å². The van der Waals surface area contributed by atoms with Crippen LogP contribution in [0, 0.1) is 0 Å². The normalized spacial score (nSPS) is 12.7. The Labute approximate surface area is 344 Å². The van der Waals surface area contributed by atoms with Crippen molar-refractivity contribution < 1.29 is 37.9 Å². The summed E-state index contributed by atoms with van der Waals surface area (Å²) in [5.74, 6) is -0.984. The summed E-state index contributed by atoms with van der Waals surface area (Å²) in [5, 5.41) is 0.